The van der Waals surface area contributed by atoms with Crippen LogP contribution in [0.2, 0.25) is 0 Å². The van der Waals surface area contributed by atoms with Crippen molar-refractivity contribution in [2.24, 2.45) is 0 Å². The Hall–Kier alpha value is -0.930. The van der Waals surface area contributed by atoms with E-state index in [1.165, 1.54) is 5.56 Å². The van der Waals surface area contributed by atoms with Crippen molar-refractivity contribution in [3.63, 3.8) is 0 Å². The lowest BCUT2D eigenvalue weighted by atomic mass is 10.1. The minimum atomic E-state index is -0.121. The molecule has 1 N–H and O–H groups in total. The highest BCUT2D eigenvalue weighted by Gasteiger charge is 2.24. The molecule has 1 saturated heterocycles. The Morgan fingerprint density at radius 1 is 1.62 bits per heavy atom. The summed E-state index contributed by atoms with van der Waals surface area (Å²) >= 11 is 0. The van der Waals surface area contributed by atoms with Gasteiger partial charge in [-0.25, -0.2) is 0 Å². The largest absolute Gasteiger partial charge is 0.390 e. The Morgan fingerprint density at radius 2 is 2.38 bits per heavy atom. The highest BCUT2D eigenvalue weighted by molar-refractivity contribution is 5.17. The third-order valence-corrected chi connectivity index (χ3v) is 2.43. The highest BCUT2D eigenvalue weighted by atomic mass is 16.3. The van der Waals surface area contributed by atoms with Crippen molar-refractivity contribution in [1.29, 1.82) is 0 Å². The van der Waals surface area contributed by atoms with E-state index in [4.69, 9.17) is 5.11 Å². The fourth-order valence-electron chi connectivity index (χ4n) is 1.57. The molecule has 0 amide bonds. The van der Waals surface area contributed by atoms with E-state index in [1.54, 1.807) is 0 Å². The van der Waals surface area contributed by atoms with Gasteiger partial charge in [-0.2, -0.15) is 0 Å². The summed E-state index contributed by atoms with van der Waals surface area (Å²) in [5.74, 6) is 0. The molecule has 70 valence electrons. The summed E-state index contributed by atoms with van der Waals surface area (Å²) in [6.07, 6.45) is 1.70. The standard InChI is InChI=1S/C10H14N2O/c1-8-3-2-4-11-10(8)7-12-5-9(13)6-12/h2-4,9,13H,5-7H2,1H3. The first-order valence-corrected chi connectivity index (χ1v) is 4.56. The first kappa shape index (κ1) is 8.66. The van der Waals surface area contributed by atoms with Crippen LogP contribution in [0.3, 0.4) is 0 Å². The summed E-state index contributed by atoms with van der Waals surface area (Å²) in [7, 11) is 0. The van der Waals surface area contributed by atoms with Crippen LogP contribution in [0, 0.1) is 6.92 Å². The molecule has 13 heavy (non-hydrogen) atoms. The van der Waals surface area contributed by atoms with E-state index in [2.05, 4.69) is 22.9 Å². The van der Waals surface area contributed by atoms with Crippen LogP contribution in [0.5, 0.6) is 0 Å². The average Bonchev–Trinajstić information content (AvgIpc) is 2.06. The van der Waals surface area contributed by atoms with Crippen LogP contribution >= 0.6 is 0 Å². The summed E-state index contributed by atoms with van der Waals surface area (Å²) in [5.41, 5.74) is 2.35. The van der Waals surface area contributed by atoms with Gasteiger partial charge < -0.3 is 5.11 Å². The minimum absolute atomic E-state index is 0.121. The number of nitrogens with zero attached hydrogens (tertiary/aromatic N) is 2. The first-order valence-electron chi connectivity index (χ1n) is 4.56. The van der Waals surface area contributed by atoms with Gasteiger partial charge in [-0.15, -0.1) is 0 Å². The number of aromatic nitrogens is 1. The third-order valence-electron chi connectivity index (χ3n) is 2.43. The molecule has 0 aromatic carbocycles. The predicted octanol–water partition coefficient (Wildman–Crippen LogP) is 0.567. The molecule has 3 heteroatoms. The zero-order valence-corrected chi connectivity index (χ0v) is 7.77. The molecule has 0 saturated carbocycles. The zero-order chi connectivity index (χ0) is 9.26. The van der Waals surface area contributed by atoms with Crippen LogP contribution in [0.4, 0.5) is 0 Å². The second-order valence-electron chi connectivity index (χ2n) is 3.61. The third kappa shape index (κ3) is 1.87. The van der Waals surface area contributed by atoms with Crippen LogP contribution in [-0.2, 0) is 6.54 Å². The molecule has 0 aliphatic carbocycles. The molecule has 0 unspecified atom stereocenters. The maximum Gasteiger partial charge on any atom is 0.0794 e. The van der Waals surface area contributed by atoms with Crippen molar-refractivity contribution in [1.82, 2.24) is 9.88 Å². The topological polar surface area (TPSA) is 36.4 Å². The van der Waals surface area contributed by atoms with Gasteiger partial charge in [0, 0.05) is 25.8 Å². The Balaban J connectivity index is 1.98. The molecule has 0 spiro atoms. The number of aryl methyl sites for hydroxylation is 1. The zero-order valence-electron chi connectivity index (χ0n) is 7.77. The highest BCUT2D eigenvalue weighted by Crippen LogP contribution is 2.13. The van der Waals surface area contributed by atoms with Crippen LogP contribution in [0.25, 0.3) is 0 Å². The Labute approximate surface area is 78.0 Å². The number of rotatable bonds is 2. The summed E-state index contributed by atoms with van der Waals surface area (Å²) in [6.45, 7) is 4.51. The summed E-state index contributed by atoms with van der Waals surface area (Å²) in [4.78, 5) is 6.50. The van der Waals surface area contributed by atoms with E-state index in [0.717, 1.165) is 25.3 Å². The van der Waals surface area contributed by atoms with Crippen LogP contribution in [0.15, 0.2) is 18.3 Å². The molecule has 1 fully saturated rings. The SMILES string of the molecule is Cc1cccnc1CN1CC(O)C1. The Morgan fingerprint density at radius 3 is 3.00 bits per heavy atom. The summed E-state index contributed by atoms with van der Waals surface area (Å²) in [6, 6.07) is 4.02. The van der Waals surface area contributed by atoms with Crippen molar-refractivity contribution in [3.8, 4) is 0 Å². The number of β-amino-alcohol motifs (C(OH)–C–C–N with tert-alkyl or cyclic N) is 1. The number of hydrogen-bond acceptors (Lipinski definition) is 3. The lowest BCUT2D eigenvalue weighted by Gasteiger charge is -2.35. The predicted molar refractivity (Wildman–Crippen MR) is 50.3 cm³/mol. The van der Waals surface area contributed by atoms with Gasteiger partial charge in [0.15, 0.2) is 0 Å². The van der Waals surface area contributed by atoms with Gasteiger partial charge in [0.1, 0.15) is 0 Å². The molecule has 0 bridgehead atoms. The molecular weight excluding hydrogens is 164 g/mol. The van der Waals surface area contributed by atoms with E-state index >= 15 is 0 Å². The molecule has 3 nitrogen and oxygen atoms in total. The van der Waals surface area contributed by atoms with E-state index in [0.29, 0.717) is 0 Å². The van der Waals surface area contributed by atoms with Crippen molar-refractivity contribution in [2.45, 2.75) is 19.6 Å². The quantitative estimate of drug-likeness (QED) is 0.719. The Kier molecular flexibility index (Phi) is 2.29. The normalized spacial score (nSPS) is 18.6. The number of aliphatic hydroxyl groups is 1. The molecule has 2 heterocycles. The minimum Gasteiger partial charge on any atom is -0.390 e. The number of pyridine rings is 1. The van der Waals surface area contributed by atoms with Gasteiger partial charge in [0.25, 0.3) is 0 Å². The Bertz CT molecular complexity index is 295. The first-order chi connectivity index (χ1) is 6.25. The molecule has 0 radical (unpaired) electrons. The second-order valence-corrected chi connectivity index (χ2v) is 3.61. The van der Waals surface area contributed by atoms with Gasteiger partial charge >= 0.3 is 0 Å². The summed E-state index contributed by atoms with van der Waals surface area (Å²) in [5, 5.41) is 9.10. The van der Waals surface area contributed by atoms with Gasteiger partial charge in [-0.1, -0.05) is 6.07 Å². The van der Waals surface area contributed by atoms with Crippen LogP contribution in [-0.4, -0.2) is 34.2 Å². The molecule has 2 rings (SSSR count). The second kappa shape index (κ2) is 3.44. The van der Waals surface area contributed by atoms with Crippen LogP contribution < -0.4 is 0 Å². The molecule has 1 aliphatic heterocycles. The fraction of sp³-hybridized carbons (Fsp3) is 0.500. The monoisotopic (exact) mass is 178 g/mol. The molecule has 0 atom stereocenters. The maximum absolute atomic E-state index is 9.10. The van der Waals surface area contributed by atoms with Crippen molar-refractivity contribution in [2.75, 3.05) is 13.1 Å². The lowest BCUT2D eigenvalue weighted by Crippen LogP contribution is -2.50. The van der Waals surface area contributed by atoms with E-state index in [1.807, 2.05) is 12.3 Å². The van der Waals surface area contributed by atoms with Gasteiger partial charge in [-0.3, -0.25) is 9.88 Å². The van der Waals surface area contributed by atoms with Crippen molar-refractivity contribution >= 4 is 0 Å². The maximum atomic E-state index is 9.10. The smallest absolute Gasteiger partial charge is 0.0794 e. The van der Waals surface area contributed by atoms with Gasteiger partial charge in [-0.05, 0) is 18.6 Å². The molecular formula is C10H14N2O. The van der Waals surface area contributed by atoms with Crippen LogP contribution in [0.1, 0.15) is 11.3 Å². The molecule has 1 aromatic heterocycles. The fourth-order valence-corrected chi connectivity index (χ4v) is 1.57. The lowest BCUT2D eigenvalue weighted by molar-refractivity contribution is -0.00365. The van der Waals surface area contributed by atoms with E-state index in [9.17, 15) is 0 Å². The molecule has 1 aliphatic rings. The number of hydrogen-bond donors (Lipinski definition) is 1. The van der Waals surface area contributed by atoms with E-state index < -0.39 is 0 Å². The van der Waals surface area contributed by atoms with Gasteiger partial charge in [0.2, 0.25) is 0 Å². The van der Waals surface area contributed by atoms with E-state index in [-0.39, 0.29) is 6.10 Å². The van der Waals surface area contributed by atoms with Crippen molar-refractivity contribution in [3.05, 3.63) is 29.6 Å². The number of aliphatic hydroxyl groups excluding tert-OH is 1. The summed E-state index contributed by atoms with van der Waals surface area (Å²) < 4.78 is 0. The van der Waals surface area contributed by atoms with Crippen molar-refractivity contribution < 1.29 is 5.11 Å². The van der Waals surface area contributed by atoms with Gasteiger partial charge in [0.05, 0.1) is 11.8 Å². The number of likely N-dealkylation sites (tertiary alicyclic amines) is 1. The molecule has 1 aromatic rings. The average molecular weight is 178 g/mol.